The van der Waals surface area contributed by atoms with Crippen LogP contribution in [0.15, 0.2) is 121 Å². The molecule has 0 aromatic heterocycles. The molecule has 1 aliphatic heterocycles. The van der Waals surface area contributed by atoms with E-state index in [1.807, 2.05) is 0 Å². The summed E-state index contributed by atoms with van der Waals surface area (Å²) in [5, 5.41) is 10.2. The number of esters is 4. The summed E-state index contributed by atoms with van der Waals surface area (Å²) < 4.78 is 28.3. The zero-order valence-electron chi connectivity index (χ0n) is 23.5. The summed E-state index contributed by atoms with van der Waals surface area (Å²) in [4.78, 5) is 65.4. The van der Waals surface area contributed by atoms with Gasteiger partial charge in [-0.15, -0.1) is 0 Å². The highest BCUT2D eigenvalue weighted by Gasteiger charge is 2.56. The van der Waals surface area contributed by atoms with Crippen molar-refractivity contribution in [2.75, 3.05) is 0 Å². The first-order chi connectivity index (χ1) is 21.8. The average Bonchev–Trinajstić information content (AvgIpc) is 3.08. The summed E-state index contributed by atoms with van der Waals surface area (Å²) in [6.45, 7) is 0. The van der Waals surface area contributed by atoms with Crippen molar-refractivity contribution in [3.63, 3.8) is 0 Å². The van der Waals surface area contributed by atoms with E-state index in [-0.39, 0.29) is 22.3 Å². The lowest BCUT2D eigenvalue weighted by atomic mass is 9.97. The first-order valence-corrected chi connectivity index (χ1v) is 13.7. The second-order valence-electron chi connectivity index (χ2n) is 9.74. The third-order valence-corrected chi connectivity index (χ3v) is 6.73. The van der Waals surface area contributed by atoms with Gasteiger partial charge in [0.25, 0.3) is 0 Å². The molecule has 0 radical (unpaired) electrons. The SMILES string of the molecule is O=C(O[C@@H]1O[C@@H](C(=O)O)[C@@H](OC(=O)c2ccccc2)[C@H](OC(=O)c2ccccc2)[C@@H]1OC(=O)c1ccccc1)c1ccccc1. The summed E-state index contributed by atoms with van der Waals surface area (Å²) in [5.41, 5.74) is 0.286. The van der Waals surface area contributed by atoms with Gasteiger partial charge in [0.2, 0.25) is 12.4 Å². The van der Waals surface area contributed by atoms with E-state index in [1.165, 1.54) is 48.5 Å². The number of carboxylic acids is 1. The average molecular weight is 611 g/mol. The number of ether oxygens (including phenoxy) is 5. The van der Waals surface area contributed by atoms with Gasteiger partial charge in [0, 0.05) is 0 Å². The lowest BCUT2D eigenvalue weighted by molar-refractivity contribution is -0.276. The van der Waals surface area contributed by atoms with Crippen LogP contribution in [-0.2, 0) is 28.5 Å². The van der Waals surface area contributed by atoms with Crippen LogP contribution in [0.3, 0.4) is 0 Å². The van der Waals surface area contributed by atoms with E-state index in [0.29, 0.717) is 0 Å². The highest BCUT2D eigenvalue weighted by Crippen LogP contribution is 2.32. The van der Waals surface area contributed by atoms with Crippen LogP contribution >= 0.6 is 0 Å². The van der Waals surface area contributed by atoms with E-state index in [0.717, 1.165) is 0 Å². The van der Waals surface area contributed by atoms with Gasteiger partial charge < -0.3 is 28.8 Å². The van der Waals surface area contributed by atoms with Crippen molar-refractivity contribution in [1.82, 2.24) is 0 Å². The summed E-state index contributed by atoms with van der Waals surface area (Å²) in [6, 6.07) is 30.8. The van der Waals surface area contributed by atoms with Crippen LogP contribution in [0.5, 0.6) is 0 Å². The van der Waals surface area contributed by atoms with E-state index in [4.69, 9.17) is 23.7 Å². The van der Waals surface area contributed by atoms with Crippen LogP contribution in [0.1, 0.15) is 41.4 Å². The molecule has 1 N–H and O–H groups in total. The Hall–Kier alpha value is -5.81. The Morgan fingerprint density at radius 1 is 0.444 bits per heavy atom. The van der Waals surface area contributed by atoms with Crippen molar-refractivity contribution in [1.29, 1.82) is 0 Å². The van der Waals surface area contributed by atoms with E-state index < -0.39 is 60.6 Å². The van der Waals surface area contributed by atoms with Gasteiger partial charge in [-0.1, -0.05) is 72.8 Å². The predicted molar refractivity (Wildman–Crippen MR) is 155 cm³/mol. The molecule has 11 heteroatoms. The van der Waals surface area contributed by atoms with Gasteiger partial charge in [-0.25, -0.2) is 24.0 Å². The first-order valence-electron chi connectivity index (χ1n) is 13.7. The quantitative estimate of drug-likeness (QED) is 0.213. The number of carbonyl (C=O) groups excluding carboxylic acids is 4. The Morgan fingerprint density at radius 3 is 1.11 bits per heavy atom. The van der Waals surface area contributed by atoms with Crippen molar-refractivity contribution in [3.8, 4) is 0 Å². The van der Waals surface area contributed by atoms with Gasteiger partial charge in [0.15, 0.2) is 18.3 Å². The van der Waals surface area contributed by atoms with Crippen molar-refractivity contribution >= 4 is 29.8 Å². The van der Waals surface area contributed by atoms with Gasteiger partial charge in [-0.3, -0.25) is 0 Å². The fraction of sp³-hybridized carbons (Fsp3) is 0.147. The molecule has 5 atom stereocenters. The van der Waals surface area contributed by atoms with Crippen LogP contribution in [0.4, 0.5) is 0 Å². The number of hydrogen-bond acceptors (Lipinski definition) is 10. The van der Waals surface area contributed by atoms with Crippen LogP contribution in [0.25, 0.3) is 0 Å². The maximum Gasteiger partial charge on any atom is 0.340 e. The zero-order valence-corrected chi connectivity index (χ0v) is 23.5. The molecule has 1 heterocycles. The molecule has 1 fully saturated rings. The second kappa shape index (κ2) is 14.1. The standard InChI is InChI=1S/C34H26O11/c35-29(36)27-25(41-30(37)21-13-5-1-6-14-21)26(42-31(38)22-15-7-2-8-16-22)28(43-32(39)23-17-9-3-10-18-23)34(44-27)45-33(40)24-19-11-4-12-20-24/h1-20,25-28,34H,(H,35,36)/t25-,26-,27+,28-,34-/m0/s1. The number of benzene rings is 4. The number of aliphatic carboxylic acids is 1. The molecule has 0 spiro atoms. The number of hydrogen-bond donors (Lipinski definition) is 1. The minimum atomic E-state index is -2.02. The molecule has 45 heavy (non-hydrogen) atoms. The van der Waals surface area contributed by atoms with E-state index >= 15 is 0 Å². The van der Waals surface area contributed by atoms with Crippen molar-refractivity contribution in [2.45, 2.75) is 30.7 Å². The Balaban J connectivity index is 1.57. The monoisotopic (exact) mass is 610 g/mol. The number of rotatable bonds is 9. The van der Waals surface area contributed by atoms with Crippen molar-refractivity contribution < 1.29 is 52.8 Å². The third-order valence-electron chi connectivity index (χ3n) is 6.73. The molecule has 4 aromatic rings. The molecule has 228 valence electrons. The van der Waals surface area contributed by atoms with Gasteiger partial charge in [0.05, 0.1) is 22.3 Å². The largest absolute Gasteiger partial charge is 0.479 e. The summed E-state index contributed by atoms with van der Waals surface area (Å²) in [5.74, 6) is -5.44. The van der Waals surface area contributed by atoms with Crippen LogP contribution in [0.2, 0.25) is 0 Å². The van der Waals surface area contributed by atoms with Crippen LogP contribution < -0.4 is 0 Å². The lowest BCUT2D eigenvalue weighted by Gasteiger charge is -2.42. The number of carbonyl (C=O) groups is 5. The maximum absolute atomic E-state index is 13.3. The summed E-state index contributed by atoms with van der Waals surface area (Å²) in [6.07, 6.45) is -9.40. The van der Waals surface area contributed by atoms with Crippen molar-refractivity contribution in [2.24, 2.45) is 0 Å². The van der Waals surface area contributed by atoms with E-state index in [9.17, 15) is 29.1 Å². The highest BCUT2D eigenvalue weighted by molar-refractivity contribution is 5.92. The molecule has 0 bridgehead atoms. The maximum atomic E-state index is 13.3. The smallest absolute Gasteiger partial charge is 0.340 e. The molecule has 1 aliphatic rings. The molecule has 4 aromatic carbocycles. The second-order valence-corrected chi connectivity index (χ2v) is 9.74. The molecule has 0 saturated carbocycles. The van der Waals surface area contributed by atoms with E-state index in [2.05, 4.69) is 0 Å². The number of carboxylic acid groups (broad SMARTS) is 1. The Labute approximate surface area is 256 Å². The normalized spacial score (nSPS) is 20.7. The molecular formula is C34H26O11. The van der Waals surface area contributed by atoms with Crippen molar-refractivity contribution in [3.05, 3.63) is 144 Å². The first kappa shape index (κ1) is 30.6. The lowest BCUT2D eigenvalue weighted by Crippen LogP contribution is -2.64. The van der Waals surface area contributed by atoms with Crippen LogP contribution in [-0.4, -0.2) is 65.7 Å². The van der Waals surface area contributed by atoms with E-state index in [1.54, 1.807) is 72.8 Å². The van der Waals surface area contributed by atoms with Gasteiger partial charge in [-0.05, 0) is 48.5 Å². The fourth-order valence-corrected chi connectivity index (χ4v) is 4.54. The Bertz CT molecular complexity index is 1640. The summed E-state index contributed by atoms with van der Waals surface area (Å²) in [7, 11) is 0. The Morgan fingerprint density at radius 2 is 0.756 bits per heavy atom. The molecule has 0 amide bonds. The van der Waals surface area contributed by atoms with Gasteiger partial charge in [-0.2, -0.15) is 0 Å². The topological polar surface area (TPSA) is 152 Å². The molecule has 0 aliphatic carbocycles. The molecule has 0 unspecified atom stereocenters. The molecule has 11 nitrogen and oxygen atoms in total. The predicted octanol–water partition coefficient (Wildman–Crippen LogP) is 4.33. The Kier molecular flexibility index (Phi) is 9.61. The minimum Gasteiger partial charge on any atom is -0.479 e. The molecule has 5 rings (SSSR count). The van der Waals surface area contributed by atoms with Crippen LogP contribution in [0, 0.1) is 0 Å². The zero-order chi connectivity index (χ0) is 31.8. The molecule has 1 saturated heterocycles. The molecular weight excluding hydrogens is 584 g/mol. The summed E-state index contributed by atoms with van der Waals surface area (Å²) >= 11 is 0. The highest BCUT2D eigenvalue weighted by atomic mass is 16.7. The third kappa shape index (κ3) is 7.40. The fourth-order valence-electron chi connectivity index (χ4n) is 4.54. The van der Waals surface area contributed by atoms with Gasteiger partial charge in [0.1, 0.15) is 0 Å². The van der Waals surface area contributed by atoms with Gasteiger partial charge >= 0.3 is 29.8 Å². The minimum absolute atomic E-state index is 0.0604.